The van der Waals surface area contributed by atoms with Gasteiger partial charge in [0.05, 0.1) is 24.2 Å². The summed E-state index contributed by atoms with van der Waals surface area (Å²) < 4.78 is 5.18. The Bertz CT molecular complexity index is 1160. The summed E-state index contributed by atoms with van der Waals surface area (Å²) in [5.41, 5.74) is 3.68. The average Bonchev–Trinajstić information content (AvgIpc) is 3.34. The molecule has 0 unspecified atom stereocenters. The van der Waals surface area contributed by atoms with Gasteiger partial charge >= 0.3 is 0 Å². The first kappa shape index (κ1) is 20.2. The Morgan fingerprint density at radius 2 is 1.93 bits per heavy atom. The fourth-order valence-corrected chi connectivity index (χ4v) is 3.86. The first-order valence-electron chi connectivity index (χ1n) is 9.13. The summed E-state index contributed by atoms with van der Waals surface area (Å²) in [6.45, 7) is 3.61. The molecule has 0 bridgehead atoms. The molecule has 0 saturated heterocycles. The van der Waals surface area contributed by atoms with Gasteiger partial charge in [0.1, 0.15) is 5.75 Å². The van der Waals surface area contributed by atoms with Crippen molar-refractivity contribution < 1.29 is 9.53 Å². The van der Waals surface area contributed by atoms with Crippen molar-refractivity contribution in [3.63, 3.8) is 0 Å². The number of benzene rings is 2. The quantitative estimate of drug-likeness (QED) is 0.481. The van der Waals surface area contributed by atoms with E-state index in [9.17, 15) is 4.79 Å². The molecule has 3 aromatic rings. The minimum atomic E-state index is -0.781. The molecule has 1 aliphatic rings. The number of azo groups is 1. The molecule has 0 saturated carbocycles. The summed E-state index contributed by atoms with van der Waals surface area (Å²) in [5.74, 6) is 0.485. The van der Waals surface area contributed by atoms with E-state index in [1.54, 1.807) is 32.2 Å². The second kappa shape index (κ2) is 8.33. The molecular formula is C21H18ClN5O2S. The summed E-state index contributed by atoms with van der Waals surface area (Å²) in [6.07, 6.45) is 0. The number of carbonyl (C=O) groups is 1. The monoisotopic (exact) mass is 439 g/mol. The summed E-state index contributed by atoms with van der Waals surface area (Å²) in [6, 6.07) is 12.2. The van der Waals surface area contributed by atoms with E-state index in [4.69, 9.17) is 16.3 Å². The van der Waals surface area contributed by atoms with Crippen LogP contribution in [0.3, 0.4) is 0 Å². The fraction of sp³-hybridized carbons (Fsp3) is 0.190. The SMILES string of the molecule is COc1ccc(-c2csc(N3N=C(C)[C@@H](N=Nc4cccc(Cl)c4C)C3=O)n2)cc1. The lowest BCUT2D eigenvalue weighted by atomic mass is 10.2. The van der Waals surface area contributed by atoms with Crippen molar-refractivity contribution >= 4 is 45.4 Å². The van der Waals surface area contributed by atoms with Gasteiger partial charge in [0.25, 0.3) is 5.91 Å². The van der Waals surface area contributed by atoms with Crippen molar-refractivity contribution in [2.45, 2.75) is 19.9 Å². The zero-order chi connectivity index (χ0) is 21.3. The minimum Gasteiger partial charge on any atom is -0.497 e. The number of aromatic nitrogens is 1. The molecule has 0 aliphatic carbocycles. The van der Waals surface area contributed by atoms with E-state index < -0.39 is 6.04 Å². The predicted octanol–water partition coefficient (Wildman–Crippen LogP) is 5.66. The Kier molecular flexibility index (Phi) is 5.61. The molecule has 152 valence electrons. The van der Waals surface area contributed by atoms with Crippen LogP contribution in [-0.4, -0.2) is 29.8 Å². The van der Waals surface area contributed by atoms with Gasteiger partial charge in [-0.1, -0.05) is 17.7 Å². The van der Waals surface area contributed by atoms with Gasteiger partial charge in [-0.2, -0.15) is 20.3 Å². The number of ether oxygens (including phenoxy) is 1. The van der Waals surface area contributed by atoms with Gasteiger partial charge in [-0.15, -0.1) is 11.3 Å². The van der Waals surface area contributed by atoms with Crippen molar-refractivity contribution in [2.24, 2.45) is 15.3 Å². The van der Waals surface area contributed by atoms with Gasteiger partial charge in [-0.05, 0) is 55.8 Å². The second-order valence-corrected chi connectivity index (χ2v) is 7.88. The maximum Gasteiger partial charge on any atom is 0.282 e. The van der Waals surface area contributed by atoms with Crippen LogP contribution in [0.15, 0.2) is 63.2 Å². The van der Waals surface area contributed by atoms with Crippen molar-refractivity contribution in [3.05, 3.63) is 58.4 Å². The molecule has 0 radical (unpaired) electrons. The second-order valence-electron chi connectivity index (χ2n) is 6.64. The van der Waals surface area contributed by atoms with E-state index in [-0.39, 0.29) is 5.91 Å². The molecule has 0 N–H and O–H groups in total. The molecule has 0 spiro atoms. The Morgan fingerprint density at radius 1 is 1.17 bits per heavy atom. The van der Waals surface area contributed by atoms with Gasteiger partial charge < -0.3 is 4.74 Å². The predicted molar refractivity (Wildman–Crippen MR) is 119 cm³/mol. The number of thiazole rings is 1. The molecule has 1 atom stereocenters. The zero-order valence-corrected chi connectivity index (χ0v) is 18.1. The number of amides is 1. The Labute approximate surface area is 182 Å². The number of methoxy groups -OCH3 is 1. The highest BCUT2D eigenvalue weighted by molar-refractivity contribution is 7.14. The van der Waals surface area contributed by atoms with E-state index >= 15 is 0 Å². The summed E-state index contributed by atoms with van der Waals surface area (Å²) in [7, 11) is 1.62. The van der Waals surface area contributed by atoms with E-state index in [1.165, 1.54) is 16.3 Å². The average molecular weight is 440 g/mol. The number of carbonyl (C=O) groups excluding carboxylic acids is 1. The number of hydrogen-bond acceptors (Lipinski definition) is 7. The topological polar surface area (TPSA) is 79.5 Å². The van der Waals surface area contributed by atoms with Crippen LogP contribution in [0, 0.1) is 6.92 Å². The highest BCUT2D eigenvalue weighted by atomic mass is 35.5. The highest BCUT2D eigenvalue weighted by Gasteiger charge is 2.36. The highest BCUT2D eigenvalue weighted by Crippen LogP contribution is 2.32. The van der Waals surface area contributed by atoms with Gasteiger partial charge in [-0.3, -0.25) is 4.79 Å². The molecule has 0 fully saturated rings. The van der Waals surface area contributed by atoms with E-state index in [0.29, 0.717) is 21.6 Å². The molecule has 2 heterocycles. The molecule has 1 aromatic heterocycles. The van der Waals surface area contributed by atoms with Crippen LogP contribution in [0.1, 0.15) is 12.5 Å². The zero-order valence-electron chi connectivity index (χ0n) is 16.5. The normalized spacial score (nSPS) is 16.4. The molecular weight excluding hydrogens is 422 g/mol. The number of rotatable bonds is 5. The molecule has 1 aliphatic heterocycles. The lowest BCUT2D eigenvalue weighted by Gasteiger charge is -2.08. The summed E-state index contributed by atoms with van der Waals surface area (Å²) in [4.78, 5) is 17.5. The molecule has 2 aromatic carbocycles. The molecule has 1 amide bonds. The standard InChI is InChI=1S/C21H18ClN5O2S/c1-12-16(22)5-4-6-17(12)24-25-19-13(2)26-27(20(19)28)21-23-18(11-30-21)14-7-9-15(29-3)10-8-14/h4-11,19H,1-3H3/t19-/m1/s1. The summed E-state index contributed by atoms with van der Waals surface area (Å²) >= 11 is 7.47. The van der Waals surface area contributed by atoms with E-state index in [1.807, 2.05) is 36.6 Å². The first-order chi connectivity index (χ1) is 14.5. The molecule has 30 heavy (non-hydrogen) atoms. The fourth-order valence-electron chi connectivity index (χ4n) is 2.91. The van der Waals surface area contributed by atoms with Crippen LogP contribution < -0.4 is 9.75 Å². The molecule has 9 heteroatoms. The van der Waals surface area contributed by atoms with E-state index in [2.05, 4.69) is 20.3 Å². The van der Waals surface area contributed by atoms with Crippen molar-refractivity contribution in [3.8, 4) is 17.0 Å². The van der Waals surface area contributed by atoms with Crippen LogP contribution in [0.2, 0.25) is 5.02 Å². The Hall–Kier alpha value is -3.10. The van der Waals surface area contributed by atoms with Gasteiger partial charge in [0.15, 0.2) is 6.04 Å². The third-order valence-electron chi connectivity index (χ3n) is 4.68. The van der Waals surface area contributed by atoms with Crippen molar-refractivity contribution in [1.82, 2.24) is 4.98 Å². The minimum absolute atomic E-state index is 0.286. The van der Waals surface area contributed by atoms with Crippen LogP contribution in [0.4, 0.5) is 10.8 Å². The van der Waals surface area contributed by atoms with E-state index in [0.717, 1.165) is 22.6 Å². The number of nitrogens with zero attached hydrogens (tertiary/aromatic N) is 5. The maximum absolute atomic E-state index is 12.9. The molecule has 7 nitrogen and oxygen atoms in total. The third-order valence-corrected chi connectivity index (χ3v) is 5.90. The maximum atomic E-state index is 12.9. The van der Waals surface area contributed by atoms with Gasteiger partial charge in [0, 0.05) is 16.0 Å². The first-order valence-corrected chi connectivity index (χ1v) is 10.4. The van der Waals surface area contributed by atoms with Crippen molar-refractivity contribution in [2.75, 3.05) is 12.1 Å². The van der Waals surface area contributed by atoms with Crippen LogP contribution in [0.25, 0.3) is 11.3 Å². The number of hydrazone groups is 1. The number of hydrogen-bond donors (Lipinski definition) is 0. The number of anilines is 1. The Balaban J connectivity index is 1.54. The smallest absolute Gasteiger partial charge is 0.282 e. The largest absolute Gasteiger partial charge is 0.497 e. The van der Waals surface area contributed by atoms with Crippen LogP contribution in [0.5, 0.6) is 5.75 Å². The third kappa shape index (κ3) is 3.83. The lowest BCUT2D eigenvalue weighted by Crippen LogP contribution is -2.29. The number of halogens is 1. The van der Waals surface area contributed by atoms with Gasteiger partial charge in [0.2, 0.25) is 5.13 Å². The lowest BCUT2D eigenvalue weighted by molar-refractivity contribution is -0.117. The van der Waals surface area contributed by atoms with Crippen LogP contribution >= 0.6 is 22.9 Å². The van der Waals surface area contributed by atoms with Crippen molar-refractivity contribution in [1.29, 1.82) is 0 Å². The van der Waals surface area contributed by atoms with Crippen LogP contribution in [-0.2, 0) is 4.79 Å². The summed E-state index contributed by atoms with van der Waals surface area (Å²) in [5, 5.41) is 17.1. The Morgan fingerprint density at radius 3 is 2.67 bits per heavy atom. The van der Waals surface area contributed by atoms with Gasteiger partial charge in [-0.25, -0.2) is 4.98 Å². The molecule has 4 rings (SSSR count).